The zero-order valence-electron chi connectivity index (χ0n) is 24.4. The summed E-state index contributed by atoms with van der Waals surface area (Å²) >= 11 is 0. The van der Waals surface area contributed by atoms with Crippen molar-refractivity contribution >= 4 is 38.2 Å². The van der Waals surface area contributed by atoms with Crippen LogP contribution >= 0.6 is 0 Å². The van der Waals surface area contributed by atoms with Crippen LogP contribution in [0.1, 0.15) is 5.56 Å². The van der Waals surface area contributed by atoms with Crippen molar-refractivity contribution in [3.8, 4) is 33.6 Å². The molecule has 0 aliphatic carbocycles. The van der Waals surface area contributed by atoms with E-state index in [-0.39, 0.29) is 20.1 Å². The molecule has 4 nitrogen and oxygen atoms in total. The predicted octanol–water partition coefficient (Wildman–Crippen LogP) is 9.62. The molecule has 0 spiro atoms. The van der Waals surface area contributed by atoms with Crippen LogP contribution in [-0.4, -0.2) is 19.4 Å². The van der Waals surface area contributed by atoms with Crippen LogP contribution in [0.25, 0.3) is 71.9 Å². The Labute approximate surface area is 274 Å². The van der Waals surface area contributed by atoms with E-state index in [9.17, 15) is 0 Å². The van der Waals surface area contributed by atoms with E-state index in [1.807, 2.05) is 61.7 Å². The van der Waals surface area contributed by atoms with Gasteiger partial charge in [-0.25, -0.2) is 0 Å². The second-order valence-corrected chi connectivity index (χ2v) is 10.9. The zero-order valence-corrected chi connectivity index (χ0v) is 26.8. The number of fused-ring (bicyclic) bond motifs is 6. The van der Waals surface area contributed by atoms with Crippen LogP contribution in [0, 0.1) is 19.2 Å². The molecule has 0 aliphatic heterocycles. The number of rotatable bonds is 3. The molecule has 0 atom stereocenters. The largest absolute Gasteiger partial charge is 0.335 e. The second-order valence-electron chi connectivity index (χ2n) is 10.9. The third-order valence-electron chi connectivity index (χ3n) is 8.05. The normalized spacial score (nSPS) is 11.0. The third kappa shape index (κ3) is 5.16. The summed E-state index contributed by atoms with van der Waals surface area (Å²) in [6.45, 7) is 2.03. The Morgan fingerprint density at radius 1 is 0.600 bits per heavy atom. The summed E-state index contributed by atoms with van der Waals surface area (Å²) in [6.07, 6.45) is 6.90. The number of hydrogen-bond donors (Lipinski definition) is 0. The van der Waals surface area contributed by atoms with E-state index in [0.29, 0.717) is 0 Å². The Hall–Kier alpha value is -5.22. The third-order valence-corrected chi connectivity index (χ3v) is 8.05. The summed E-state index contributed by atoms with van der Waals surface area (Å²) in [4.78, 5) is 13.6. The molecule has 0 saturated heterocycles. The molecule has 0 unspecified atom stereocenters. The van der Waals surface area contributed by atoms with Crippen molar-refractivity contribution in [2.75, 3.05) is 0 Å². The maximum atomic E-state index is 4.78. The monoisotopic (exact) mass is 755 g/mol. The molecular formula is C40H26IrN4-2. The molecule has 9 rings (SSSR count). The quantitative estimate of drug-likeness (QED) is 0.169. The number of pyridine rings is 3. The van der Waals surface area contributed by atoms with Crippen LogP contribution in [0.3, 0.4) is 0 Å². The van der Waals surface area contributed by atoms with Gasteiger partial charge in [0.05, 0.1) is 11.2 Å². The second kappa shape index (κ2) is 12.0. The van der Waals surface area contributed by atoms with Gasteiger partial charge in [0.25, 0.3) is 0 Å². The maximum absolute atomic E-state index is 4.78. The van der Waals surface area contributed by atoms with Crippen molar-refractivity contribution in [3.05, 3.63) is 158 Å². The number of aryl methyl sites for hydroxylation is 1. The van der Waals surface area contributed by atoms with Gasteiger partial charge in [0.1, 0.15) is 0 Å². The summed E-state index contributed by atoms with van der Waals surface area (Å²) in [5.41, 5.74) is 10.8. The first-order valence-corrected chi connectivity index (χ1v) is 14.6. The fraction of sp³-hybridized carbons (Fsp3) is 0.0250. The molecule has 5 heterocycles. The van der Waals surface area contributed by atoms with E-state index >= 15 is 0 Å². The van der Waals surface area contributed by atoms with Crippen LogP contribution in [0.2, 0.25) is 0 Å². The van der Waals surface area contributed by atoms with Crippen LogP contribution in [0.4, 0.5) is 0 Å². The number of benzene rings is 4. The van der Waals surface area contributed by atoms with Gasteiger partial charge in [-0.2, -0.15) is 0 Å². The molecule has 0 N–H and O–H groups in total. The van der Waals surface area contributed by atoms with Crippen molar-refractivity contribution in [1.29, 1.82) is 0 Å². The van der Waals surface area contributed by atoms with Crippen molar-refractivity contribution in [1.82, 2.24) is 19.4 Å². The molecule has 4 aromatic carbocycles. The molecule has 5 aromatic heterocycles. The number of para-hydroxylation sites is 1. The summed E-state index contributed by atoms with van der Waals surface area (Å²) in [5.74, 6) is 0. The van der Waals surface area contributed by atoms with Crippen LogP contribution < -0.4 is 0 Å². The topological polar surface area (TPSA) is 43.1 Å². The SMILES string of the molecule is Cc1ccc(-c2[c-]cccc2)nc1.[Ir].[c-]1nc2c(cc1-c1ccccn1)c1cccc3c4cc(-c5ccccc5)ccc4n2c31. The van der Waals surface area contributed by atoms with E-state index < -0.39 is 0 Å². The van der Waals surface area contributed by atoms with E-state index in [4.69, 9.17) is 4.98 Å². The Morgan fingerprint density at radius 2 is 1.40 bits per heavy atom. The van der Waals surface area contributed by atoms with Gasteiger partial charge >= 0.3 is 0 Å². The van der Waals surface area contributed by atoms with Gasteiger partial charge < -0.3 is 19.4 Å². The summed E-state index contributed by atoms with van der Waals surface area (Å²) in [5, 5.41) is 4.85. The van der Waals surface area contributed by atoms with Crippen LogP contribution in [0.15, 0.2) is 140 Å². The van der Waals surface area contributed by atoms with Crippen LogP contribution in [-0.2, 0) is 20.1 Å². The van der Waals surface area contributed by atoms with Crippen molar-refractivity contribution in [2.45, 2.75) is 6.92 Å². The average molecular weight is 755 g/mol. The van der Waals surface area contributed by atoms with Gasteiger partial charge in [-0.05, 0) is 64.8 Å². The average Bonchev–Trinajstić information content (AvgIpc) is 3.61. The van der Waals surface area contributed by atoms with Gasteiger partial charge in [0, 0.05) is 48.8 Å². The van der Waals surface area contributed by atoms with Crippen molar-refractivity contribution < 1.29 is 20.1 Å². The first-order chi connectivity index (χ1) is 21.7. The number of aromatic nitrogens is 4. The maximum Gasteiger partial charge on any atom is 0.0604 e. The first kappa shape index (κ1) is 28.5. The Kier molecular flexibility index (Phi) is 7.64. The number of nitrogens with zero attached hydrogens (tertiary/aromatic N) is 4. The van der Waals surface area contributed by atoms with Gasteiger partial charge in [-0.3, -0.25) is 0 Å². The Balaban J connectivity index is 0.000000196. The zero-order chi connectivity index (χ0) is 29.5. The molecule has 45 heavy (non-hydrogen) atoms. The minimum atomic E-state index is 0. The molecule has 0 saturated carbocycles. The van der Waals surface area contributed by atoms with Gasteiger partial charge in [-0.15, -0.1) is 47.5 Å². The minimum Gasteiger partial charge on any atom is -0.335 e. The summed E-state index contributed by atoms with van der Waals surface area (Å²) < 4.78 is 2.28. The smallest absolute Gasteiger partial charge is 0.0604 e. The Morgan fingerprint density at radius 3 is 2.16 bits per heavy atom. The van der Waals surface area contributed by atoms with Gasteiger partial charge in [0.15, 0.2) is 0 Å². The molecule has 0 amide bonds. The molecule has 1 radical (unpaired) electrons. The molecule has 5 heteroatoms. The molecule has 217 valence electrons. The number of hydrogen-bond acceptors (Lipinski definition) is 3. The minimum absolute atomic E-state index is 0. The first-order valence-electron chi connectivity index (χ1n) is 14.6. The summed E-state index contributed by atoms with van der Waals surface area (Å²) in [6, 6.07) is 46.9. The van der Waals surface area contributed by atoms with E-state index in [1.165, 1.54) is 43.9 Å². The van der Waals surface area contributed by atoms with E-state index in [1.54, 1.807) is 6.20 Å². The van der Waals surface area contributed by atoms with Crippen molar-refractivity contribution in [2.24, 2.45) is 0 Å². The molecule has 0 fully saturated rings. The molecule has 0 bridgehead atoms. The van der Waals surface area contributed by atoms with Gasteiger partial charge in [-0.1, -0.05) is 84.2 Å². The van der Waals surface area contributed by atoms with Crippen molar-refractivity contribution in [3.63, 3.8) is 0 Å². The van der Waals surface area contributed by atoms with Crippen LogP contribution in [0.5, 0.6) is 0 Å². The fourth-order valence-corrected chi connectivity index (χ4v) is 5.93. The Bertz CT molecular complexity index is 2240. The molecular weight excluding hydrogens is 729 g/mol. The van der Waals surface area contributed by atoms with E-state index in [0.717, 1.165) is 33.5 Å². The standard InChI is InChI=1S/C28H16N3.C12H10N.Ir/c1-2-7-18(8-3-1)19-12-13-26-23(15-19)21-9-6-10-22-24-16-20(25-11-4-5-14-29-25)17-30-28(24)31(26)27(21)22;1-10-7-8-12(13-9-10)11-5-3-2-4-6-11;/h1-16H;2-5,7-9H,1H3;/q2*-1;. The predicted molar refractivity (Wildman–Crippen MR) is 180 cm³/mol. The fourth-order valence-electron chi connectivity index (χ4n) is 5.93. The molecule has 9 aromatic rings. The van der Waals surface area contributed by atoms with Gasteiger partial charge in [0.2, 0.25) is 0 Å². The van der Waals surface area contributed by atoms with E-state index in [2.05, 4.69) is 105 Å². The molecule has 0 aliphatic rings. The summed E-state index contributed by atoms with van der Waals surface area (Å²) in [7, 11) is 0.